The summed E-state index contributed by atoms with van der Waals surface area (Å²) < 4.78 is 41.6. The zero-order valence-corrected chi connectivity index (χ0v) is 24.3. The minimum atomic E-state index is -0.963. The average molecular weight is 606 g/mol. The molecule has 3 heterocycles. The van der Waals surface area contributed by atoms with Crippen LogP contribution in [0, 0.1) is 11.6 Å². The van der Waals surface area contributed by atoms with Crippen molar-refractivity contribution < 1.29 is 23.0 Å². The minimum Gasteiger partial charge on any atom is -0.453 e. The number of hydrogen-bond donors (Lipinski definition) is 2. The van der Waals surface area contributed by atoms with Gasteiger partial charge in [0, 0.05) is 31.8 Å². The van der Waals surface area contributed by atoms with E-state index < -0.39 is 40.4 Å². The maximum absolute atomic E-state index is 15.3. The SMILES string of the molecule is COC[C@H](C)Nc1n[nH]c2nccc(Oc3ccc(CC(=O)c4nn(C(C)C)c(=O)n(-c5ccc(F)cc5)c4=O)cc3F)c12. The van der Waals surface area contributed by atoms with Crippen molar-refractivity contribution in [3.63, 3.8) is 0 Å². The summed E-state index contributed by atoms with van der Waals surface area (Å²) in [5.41, 5.74) is -1.50. The molecule has 2 N–H and O–H groups in total. The van der Waals surface area contributed by atoms with Crippen LogP contribution < -0.4 is 21.3 Å². The normalized spacial score (nSPS) is 12.1. The molecule has 0 bridgehead atoms. The Hall–Kier alpha value is -5.24. The van der Waals surface area contributed by atoms with Crippen LogP contribution >= 0.6 is 0 Å². The Bertz CT molecular complexity index is 1950. The fraction of sp³-hybridized carbons (Fsp3) is 0.267. The van der Waals surface area contributed by atoms with Crippen LogP contribution in [0.2, 0.25) is 0 Å². The maximum atomic E-state index is 15.3. The van der Waals surface area contributed by atoms with Gasteiger partial charge in [-0.15, -0.1) is 0 Å². The smallest absolute Gasteiger partial charge is 0.352 e. The van der Waals surface area contributed by atoms with E-state index in [1.54, 1.807) is 27.0 Å². The number of ketones is 1. The molecule has 228 valence electrons. The number of pyridine rings is 1. The predicted molar refractivity (Wildman–Crippen MR) is 158 cm³/mol. The lowest BCUT2D eigenvalue weighted by Crippen LogP contribution is -2.44. The molecule has 0 spiro atoms. The number of fused-ring (bicyclic) bond motifs is 1. The molecule has 0 unspecified atom stereocenters. The number of carbonyl (C=O) groups is 1. The van der Waals surface area contributed by atoms with Gasteiger partial charge < -0.3 is 14.8 Å². The van der Waals surface area contributed by atoms with E-state index in [0.29, 0.717) is 29.2 Å². The third kappa shape index (κ3) is 6.10. The number of nitrogens with zero attached hydrogens (tertiary/aromatic N) is 5. The van der Waals surface area contributed by atoms with Gasteiger partial charge in [0.25, 0.3) is 5.56 Å². The van der Waals surface area contributed by atoms with Crippen molar-refractivity contribution >= 4 is 22.6 Å². The minimum absolute atomic E-state index is 0.0779. The van der Waals surface area contributed by atoms with Crippen LogP contribution in [0.4, 0.5) is 14.6 Å². The third-order valence-electron chi connectivity index (χ3n) is 6.64. The summed E-state index contributed by atoms with van der Waals surface area (Å²) in [5.74, 6) is -1.41. The number of nitrogens with one attached hydrogen (secondary N) is 2. The van der Waals surface area contributed by atoms with Gasteiger partial charge in [-0.25, -0.2) is 27.8 Å². The van der Waals surface area contributed by atoms with E-state index in [1.807, 2.05) is 6.92 Å². The van der Waals surface area contributed by atoms with E-state index in [2.05, 4.69) is 25.6 Å². The molecule has 1 atom stereocenters. The molecule has 44 heavy (non-hydrogen) atoms. The zero-order valence-electron chi connectivity index (χ0n) is 24.3. The van der Waals surface area contributed by atoms with Crippen LogP contribution in [-0.4, -0.2) is 55.1 Å². The van der Waals surface area contributed by atoms with Gasteiger partial charge in [-0.1, -0.05) is 6.07 Å². The van der Waals surface area contributed by atoms with Gasteiger partial charge in [0.1, 0.15) is 17.0 Å². The number of H-pyrrole nitrogens is 1. The Balaban J connectivity index is 1.42. The lowest BCUT2D eigenvalue weighted by molar-refractivity contribution is 0.0982. The highest BCUT2D eigenvalue weighted by Crippen LogP contribution is 2.34. The molecule has 0 saturated heterocycles. The molecule has 12 nitrogen and oxygen atoms in total. The maximum Gasteiger partial charge on any atom is 0.352 e. The summed E-state index contributed by atoms with van der Waals surface area (Å²) in [5, 5.41) is 14.8. The van der Waals surface area contributed by atoms with Crippen molar-refractivity contribution in [2.24, 2.45) is 0 Å². The number of aromatic nitrogens is 6. The number of methoxy groups -OCH3 is 1. The Kier molecular flexibility index (Phi) is 8.62. The van der Waals surface area contributed by atoms with Gasteiger partial charge in [0.15, 0.2) is 34.5 Å². The number of hydrogen-bond acceptors (Lipinski definition) is 9. The largest absolute Gasteiger partial charge is 0.453 e. The lowest BCUT2D eigenvalue weighted by Gasteiger charge is -2.14. The molecule has 5 rings (SSSR count). The number of rotatable bonds is 11. The Morgan fingerprint density at radius 1 is 1.05 bits per heavy atom. The van der Waals surface area contributed by atoms with E-state index in [9.17, 15) is 18.8 Å². The molecule has 0 radical (unpaired) electrons. The van der Waals surface area contributed by atoms with E-state index in [0.717, 1.165) is 27.4 Å². The number of anilines is 1. The molecule has 0 aliphatic rings. The molecule has 2 aromatic carbocycles. The molecule has 0 aliphatic carbocycles. The van der Waals surface area contributed by atoms with Crippen molar-refractivity contribution in [3.8, 4) is 17.2 Å². The van der Waals surface area contributed by atoms with Gasteiger partial charge in [-0.05, 0) is 62.7 Å². The van der Waals surface area contributed by atoms with Crippen LogP contribution in [0.1, 0.15) is 42.9 Å². The predicted octanol–water partition coefficient (Wildman–Crippen LogP) is 4.19. The van der Waals surface area contributed by atoms with E-state index in [-0.39, 0.29) is 29.5 Å². The highest BCUT2D eigenvalue weighted by molar-refractivity contribution is 5.95. The van der Waals surface area contributed by atoms with Crippen LogP contribution in [0.15, 0.2) is 64.3 Å². The standard InChI is InChI=1S/C30H29F2N7O5/c1-16(2)39-30(42)38(20-8-6-19(31)7-9-20)29(41)26(37-39)22(40)14-18-5-10-23(21(32)13-18)44-24-11-12-33-27-25(24)28(36-35-27)34-17(3)15-43-4/h5-13,16-17H,14-15H2,1-4H3,(H2,33,34,35,36)/t17-/m0/s1. The second kappa shape index (κ2) is 12.6. The highest BCUT2D eigenvalue weighted by atomic mass is 19.1. The monoisotopic (exact) mass is 605 g/mol. The summed E-state index contributed by atoms with van der Waals surface area (Å²) >= 11 is 0. The topological polar surface area (TPSA) is 146 Å². The van der Waals surface area contributed by atoms with Crippen LogP contribution in [0.5, 0.6) is 11.5 Å². The number of benzene rings is 2. The first-order chi connectivity index (χ1) is 21.1. The summed E-state index contributed by atoms with van der Waals surface area (Å²) in [6.07, 6.45) is 1.11. The summed E-state index contributed by atoms with van der Waals surface area (Å²) in [6.45, 7) is 5.66. The van der Waals surface area contributed by atoms with Gasteiger partial charge in [0.2, 0.25) is 0 Å². The third-order valence-corrected chi connectivity index (χ3v) is 6.64. The van der Waals surface area contributed by atoms with E-state index in [4.69, 9.17) is 9.47 Å². The second-order valence-corrected chi connectivity index (χ2v) is 10.4. The lowest BCUT2D eigenvalue weighted by atomic mass is 10.1. The second-order valence-electron chi connectivity index (χ2n) is 10.4. The van der Waals surface area contributed by atoms with Crippen molar-refractivity contribution in [1.29, 1.82) is 0 Å². The number of Topliss-reactive ketones (excluding diaryl/α,β-unsaturated/α-hetero) is 1. The van der Waals surface area contributed by atoms with Crippen molar-refractivity contribution in [1.82, 2.24) is 29.5 Å². The Morgan fingerprint density at radius 3 is 2.48 bits per heavy atom. The number of carbonyl (C=O) groups excluding carboxylic acids is 1. The van der Waals surface area contributed by atoms with Gasteiger partial charge in [0.05, 0.1) is 18.3 Å². The molecule has 0 amide bonds. The Morgan fingerprint density at radius 2 is 1.80 bits per heavy atom. The van der Waals surface area contributed by atoms with Crippen LogP contribution in [-0.2, 0) is 11.2 Å². The Labute approximate surface area is 249 Å². The highest BCUT2D eigenvalue weighted by Gasteiger charge is 2.23. The number of ether oxygens (including phenoxy) is 2. The van der Waals surface area contributed by atoms with E-state index >= 15 is 4.39 Å². The van der Waals surface area contributed by atoms with Crippen molar-refractivity contribution in [2.45, 2.75) is 39.3 Å². The first kappa shape index (κ1) is 30.2. The first-order valence-corrected chi connectivity index (χ1v) is 13.7. The fourth-order valence-corrected chi connectivity index (χ4v) is 4.58. The molecular weight excluding hydrogens is 576 g/mol. The number of halogens is 2. The summed E-state index contributed by atoms with van der Waals surface area (Å²) in [7, 11) is 1.58. The average Bonchev–Trinajstić information content (AvgIpc) is 3.38. The molecule has 5 aromatic rings. The molecule has 0 fully saturated rings. The number of aromatic amines is 1. The quantitative estimate of drug-likeness (QED) is 0.212. The van der Waals surface area contributed by atoms with Gasteiger partial charge >= 0.3 is 5.69 Å². The summed E-state index contributed by atoms with van der Waals surface area (Å²) in [4.78, 5) is 43.8. The first-order valence-electron chi connectivity index (χ1n) is 13.7. The molecule has 14 heteroatoms. The fourth-order valence-electron chi connectivity index (χ4n) is 4.58. The van der Waals surface area contributed by atoms with Crippen LogP contribution in [0.25, 0.3) is 16.7 Å². The molecule has 0 saturated carbocycles. The van der Waals surface area contributed by atoms with Crippen molar-refractivity contribution in [3.05, 3.63) is 98.5 Å². The molecule has 3 aromatic heterocycles. The van der Waals surface area contributed by atoms with E-state index in [1.165, 1.54) is 30.5 Å². The van der Waals surface area contributed by atoms with Gasteiger partial charge in [-0.3, -0.25) is 14.7 Å². The van der Waals surface area contributed by atoms with Crippen LogP contribution in [0.3, 0.4) is 0 Å². The zero-order chi connectivity index (χ0) is 31.5. The van der Waals surface area contributed by atoms with Gasteiger partial charge in [-0.2, -0.15) is 10.2 Å². The molecular formula is C30H29F2N7O5. The van der Waals surface area contributed by atoms with Crippen molar-refractivity contribution in [2.75, 3.05) is 19.0 Å². The molecule has 0 aliphatic heterocycles. The summed E-state index contributed by atoms with van der Waals surface area (Å²) in [6, 6.07) is 9.67.